The maximum atomic E-state index is 12.6. The normalized spacial score (nSPS) is 15.4. The molecule has 152 valence electrons. The first-order valence-corrected chi connectivity index (χ1v) is 10.4. The van der Waals surface area contributed by atoms with Gasteiger partial charge in [-0.05, 0) is 51.0 Å². The van der Waals surface area contributed by atoms with Gasteiger partial charge < -0.3 is 10.2 Å². The lowest BCUT2D eigenvalue weighted by Gasteiger charge is -2.31. The molecule has 1 aromatic rings. The van der Waals surface area contributed by atoms with E-state index in [1.165, 1.54) is 11.3 Å². The topological polar surface area (TPSA) is 67.2 Å². The summed E-state index contributed by atoms with van der Waals surface area (Å²) in [4.78, 5) is 26.6. The van der Waals surface area contributed by atoms with Crippen molar-refractivity contribution in [3.05, 3.63) is 17.0 Å². The zero-order valence-corrected chi connectivity index (χ0v) is 17.7. The SMILES string of the molecule is CCCNC(=O)C1CCN(C(=O)CCc2c(C)nn(CC(C)C)c2C)CC1. The van der Waals surface area contributed by atoms with Crippen molar-refractivity contribution < 1.29 is 9.59 Å². The Morgan fingerprint density at radius 1 is 1.22 bits per heavy atom. The van der Waals surface area contributed by atoms with E-state index in [-0.39, 0.29) is 17.7 Å². The Hall–Kier alpha value is -1.85. The smallest absolute Gasteiger partial charge is 0.223 e. The van der Waals surface area contributed by atoms with Gasteiger partial charge in [0.15, 0.2) is 0 Å². The number of hydrogen-bond acceptors (Lipinski definition) is 3. The quantitative estimate of drug-likeness (QED) is 0.759. The molecule has 0 spiro atoms. The molecule has 2 rings (SSSR count). The largest absolute Gasteiger partial charge is 0.356 e. The van der Waals surface area contributed by atoms with E-state index in [0.717, 1.165) is 44.5 Å². The number of aromatic nitrogens is 2. The van der Waals surface area contributed by atoms with E-state index >= 15 is 0 Å². The second kappa shape index (κ2) is 9.90. The van der Waals surface area contributed by atoms with Crippen molar-refractivity contribution in [2.24, 2.45) is 11.8 Å². The van der Waals surface area contributed by atoms with E-state index in [0.29, 0.717) is 25.4 Å². The van der Waals surface area contributed by atoms with Gasteiger partial charge in [0.25, 0.3) is 0 Å². The highest BCUT2D eigenvalue weighted by atomic mass is 16.2. The zero-order valence-electron chi connectivity index (χ0n) is 17.7. The Balaban J connectivity index is 1.83. The van der Waals surface area contributed by atoms with Crippen LogP contribution in [0, 0.1) is 25.7 Å². The fourth-order valence-corrected chi connectivity index (χ4v) is 3.79. The molecule has 1 N–H and O–H groups in total. The van der Waals surface area contributed by atoms with Crippen LogP contribution in [0.3, 0.4) is 0 Å². The van der Waals surface area contributed by atoms with Crippen LogP contribution in [-0.2, 0) is 22.6 Å². The Morgan fingerprint density at radius 3 is 2.48 bits per heavy atom. The predicted molar refractivity (Wildman–Crippen MR) is 107 cm³/mol. The lowest BCUT2D eigenvalue weighted by Crippen LogP contribution is -2.43. The minimum absolute atomic E-state index is 0.0550. The average molecular weight is 377 g/mol. The summed E-state index contributed by atoms with van der Waals surface area (Å²) in [6, 6.07) is 0. The second-order valence-corrected chi connectivity index (χ2v) is 8.17. The van der Waals surface area contributed by atoms with E-state index in [2.05, 4.69) is 42.8 Å². The molecule has 0 saturated carbocycles. The Bertz CT molecular complexity index is 643. The van der Waals surface area contributed by atoms with Gasteiger partial charge in [-0.2, -0.15) is 5.10 Å². The highest BCUT2D eigenvalue weighted by Gasteiger charge is 2.27. The first-order chi connectivity index (χ1) is 12.8. The fourth-order valence-electron chi connectivity index (χ4n) is 3.79. The molecule has 1 fully saturated rings. The standard InChI is InChI=1S/C21H36N4O2/c1-6-11-22-21(27)18-9-12-24(13-10-18)20(26)8-7-19-16(4)23-25(17(19)5)14-15(2)3/h15,18H,6-14H2,1-5H3,(H,22,27). The molecule has 1 aliphatic rings. The number of nitrogens with zero attached hydrogens (tertiary/aromatic N) is 3. The van der Waals surface area contributed by atoms with Crippen molar-refractivity contribution in [3.63, 3.8) is 0 Å². The highest BCUT2D eigenvalue weighted by molar-refractivity contribution is 5.80. The molecular formula is C21H36N4O2. The molecule has 1 saturated heterocycles. The second-order valence-electron chi connectivity index (χ2n) is 8.17. The molecule has 1 aromatic heterocycles. The molecule has 6 heteroatoms. The number of amides is 2. The number of aryl methyl sites for hydroxylation is 1. The van der Waals surface area contributed by atoms with Crippen LogP contribution in [0.1, 0.15) is 63.4 Å². The average Bonchev–Trinajstić information content (AvgIpc) is 2.90. The first-order valence-electron chi connectivity index (χ1n) is 10.4. The zero-order chi connectivity index (χ0) is 20.0. The van der Waals surface area contributed by atoms with Crippen molar-refractivity contribution in [2.75, 3.05) is 19.6 Å². The van der Waals surface area contributed by atoms with Crippen LogP contribution >= 0.6 is 0 Å². The summed E-state index contributed by atoms with van der Waals surface area (Å²) in [5, 5.41) is 7.61. The van der Waals surface area contributed by atoms with Crippen molar-refractivity contribution >= 4 is 11.8 Å². The van der Waals surface area contributed by atoms with Crippen LogP contribution in [0.2, 0.25) is 0 Å². The molecule has 0 unspecified atom stereocenters. The summed E-state index contributed by atoms with van der Waals surface area (Å²) in [7, 11) is 0. The van der Waals surface area contributed by atoms with E-state index in [1.54, 1.807) is 0 Å². The van der Waals surface area contributed by atoms with E-state index < -0.39 is 0 Å². The lowest BCUT2D eigenvalue weighted by molar-refractivity contribution is -0.135. The number of piperidine rings is 1. The van der Waals surface area contributed by atoms with Gasteiger partial charge in [0.2, 0.25) is 11.8 Å². The molecule has 0 bridgehead atoms. The van der Waals surface area contributed by atoms with Crippen LogP contribution in [0.5, 0.6) is 0 Å². The number of likely N-dealkylation sites (tertiary alicyclic amines) is 1. The van der Waals surface area contributed by atoms with Crippen molar-refractivity contribution in [3.8, 4) is 0 Å². The third-order valence-corrected chi connectivity index (χ3v) is 5.43. The van der Waals surface area contributed by atoms with Gasteiger partial charge in [-0.25, -0.2) is 0 Å². The van der Waals surface area contributed by atoms with Crippen LogP contribution in [0.25, 0.3) is 0 Å². The molecule has 2 heterocycles. The van der Waals surface area contributed by atoms with Crippen LogP contribution in [0.15, 0.2) is 0 Å². The molecule has 0 radical (unpaired) electrons. The maximum Gasteiger partial charge on any atom is 0.223 e. The third kappa shape index (κ3) is 5.81. The minimum atomic E-state index is 0.0550. The van der Waals surface area contributed by atoms with Crippen molar-refractivity contribution in [1.29, 1.82) is 0 Å². The van der Waals surface area contributed by atoms with Gasteiger partial charge in [-0.3, -0.25) is 14.3 Å². The molecular weight excluding hydrogens is 340 g/mol. The Kier molecular flexibility index (Phi) is 7.87. The van der Waals surface area contributed by atoms with E-state index in [1.807, 2.05) is 11.8 Å². The Morgan fingerprint density at radius 2 is 1.89 bits per heavy atom. The first kappa shape index (κ1) is 21.5. The summed E-state index contributed by atoms with van der Waals surface area (Å²) in [6.07, 6.45) is 3.75. The van der Waals surface area contributed by atoms with Crippen molar-refractivity contribution in [2.45, 2.75) is 73.3 Å². The van der Waals surface area contributed by atoms with Gasteiger partial charge in [0, 0.05) is 44.2 Å². The monoisotopic (exact) mass is 376 g/mol. The molecule has 0 atom stereocenters. The van der Waals surface area contributed by atoms with Gasteiger partial charge in [-0.1, -0.05) is 20.8 Å². The summed E-state index contributed by atoms with van der Waals surface area (Å²) in [5.74, 6) is 0.943. The van der Waals surface area contributed by atoms with Gasteiger partial charge in [0.05, 0.1) is 5.69 Å². The number of nitrogens with one attached hydrogen (secondary N) is 1. The maximum absolute atomic E-state index is 12.6. The van der Waals surface area contributed by atoms with E-state index in [9.17, 15) is 9.59 Å². The number of carbonyl (C=O) groups excluding carboxylic acids is 2. The molecule has 27 heavy (non-hydrogen) atoms. The summed E-state index contributed by atoms with van der Waals surface area (Å²) < 4.78 is 2.07. The summed E-state index contributed by atoms with van der Waals surface area (Å²) >= 11 is 0. The van der Waals surface area contributed by atoms with Gasteiger partial charge in [-0.15, -0.1) is 0 Å². The minimum Gasteiger partial charge on any atom is -0.356 e. The number of rotatable bonds is 8. The molecule has 0 aromatic carbocycles. The molecule has 1 aliphatic heterocycles. The highest BCUT2D eigenvalue weighted by Crippen LogP contribution is 2.20. The number of hydrogen-bond donors (Lipinski definition) is 1. The van der Waals surface area contributed by atoms with E-state index in [4.69, 9.17) is 0 Å². The third-order valence-electron chi connectivity index (χ3n) is 5.43. The van der Waals surface area contributed by atoms with Crippen LogP contribution < -0.4 is 5.32 Å². The Labute approximate surface area is 163 Å². The van der Waals surface area contributed by atoms with Gasteiger partial charge >= 0.3 is 0 Å². The lowest BCUT2D eigenvalue weighted by atomic mass is 9.95. The van der Waals surface area contributed by atoms with Crippen LogP contribution in [0.4, 0.5) is 0 Å². The summed E-state index contributed by atoms with van der Waals surface area (Å²) in [6.45, 7) is 13.6. The predicted octanol–water partition coefficient (Wildman–Crippen LogP) is 2.85. The molecule has 2 amide bonds. The van der Waals surface area contributed by atoms with Crippen molar-refractivity contribution in [1.82, 2.24) is 20.0 Å². The fraction of sp³-hybridized carbons (Fsp3) is 0.762. The molecule has 0 aliphatic carbocycles. The number of carbonyl (C=O) groups is 2. The van der Waals surface area contributed by atoms with Crippen LogP contribution in [-0.4, -0.2) is 46.1 Å². The van der Waals surface area contributed by atoms with Gasteiger partial charge in [0.1, 0.15) is 0 Å². The molecule has 6 nitrogen and oxygen atoms in total. The summed E-state index contributed by atoms with van der Waals surface area (Å²) in [5.41, 5.74) is 3.42.